The number of fused-ring (bicyclic) bond motifs is 2. The van der Waals surface area contributed by atoms with Gasteiger partial charge in [-0.3, -0.25) is 0 Å². The fourth-order valence-corrected chi connectivity index (χ4v) is 5.44. The van der Waals surface area contributed by atoms with Crippen LogP contribution in [0.4, 0.5) is 17.1 Å². The Hall–Kier alpha value is -5.34. The summed E-state index contributed by atoms with van der Waals surface area (Å²) in [5.41, 5.74) is 8.49. The SMILES string of the molecule is CC.COc1ccc(C)cc1.Cc1ccc(-c2ccc(N(c3cccc4ccccc34)c3cccc4ccccc34)cc2)cc1. The van der Waals surface area contributed by atoms with E-state index in [1.54, 1.807) is 7.11 Å². The van der Waals surface area contributed by atoms with Crippen LogP contribution in [0.3, 0.4) is 0 Å². The van der Waals surface area contributed by atoms with Gasteiger partial charge in [-0.05, 0) is 72.1 Å². The molecular weight excluding hydrogens is 546 g/mol. The van der Waals surface area contributed by atoms with Gasteiger partial charge in [-0.25, -0.2) is 0 Å². The maximum atomic E-state index is 4.97. The molecule has 45 heavy (non-hydrogen) atoms. The molecule has 0 fully saturated rings. The lowest BCUT2D eigenvalue weighted by Gasteiger charge is -2.28. The highest BCUT2D eigenvalue weighted by molar-refractivity contribution is 6.04. The molecule has 0 saturated heterocycles. The Kier molecular flexibility index (Phi) is 10.3. The van der Waals surface area contributed by atoms with Crippen LogP contribution >= 0.6 is 0 Å². The van der Waals surface area contributed by atoms with Crippen molar-refractivity contribution in [1.29, 1.82) is 0 Å². The van der Waals surface area contributed by atoms with Crippen LogP contribution in [0.15, 0.2) is 158 Å². The van der Waals surface area contributed by atoms with Crippen molar-refractivity contribution in [3.8, 4) is 16.9 Å². The highest BCUT2D eigenvalue weighted by Gasteiger charge is 2.17. The van der Waals surface area contributed by atoms with Gasteiger partial charge in [-0.2, -0.15) is 0 Å². The zero-order valence-corrected chi connectivity index (χ0v) is 26.9. The average Bonchev–Trinajstić information content (AvgIpc) is 3.11. The van der Waals surface area contributed by atoms with Gasteiger partial charge in [0.05, 0.1) is 18.5 Å². The summed E-state index contributed by atoms with van der Waals surface area (Å²) in [6.45, 7) is 8.18. The molecule has 0 radical (unpaired) electrons. The van der Waals surface area contributed by atoms with Crippen molar-refractivity contribution < 1.29 is 4.74 Å². The highest BCUT2D eigenvalue weighted by Crippen LogP contribution is 2.42. The summed E-state index contributed by atoms with van der Waals surface area (Å²) in [5, 5.41) is 4.95. The molecule has 7 rings (SSSR count). The van der Waals surface area contributed by atoms with Crippen LogP contribution in [0.25, 0.3) is 32.7 Å². The van der Waals surface area contributed by atoms with E-state index in [4.69, 9.17) is 4.74 Å². The molecular formula is C43H41NO. The van der Waals surface area contributed by atoms with Gasteiger partial charge in [0, 0.05) is 16.5 Å². The van der Waals surface area contributed by atoms with Crippen LogP contribution in [-0.2, 0) is 0 Å². The number of anilines is 3. The second kappa shape index (κ2) is 14.9. The minimum Gasteiger partial charge on any atom is -0.497 e. The molecule has 0 aliphatic heterocycles. The predicted molar refractivity (Wildman–Crippen MR) is 195 cm³/mol. The Labute approximate surface area is 268 Å². The highest BCUT2D eigenvalue weighted by atomic mass is 16.5. The van der Waals surface area contributed by atoms with Crippen LogP contribution in [0.5, 0.6) is 5.75 Å². The Bertz CT molecular complexity index is 1870. The fraction of sp³-hybridized carbons (Fsp3) is 0.116. The third kappa shape index (κ3) is 7.25. The Balaban J connectivity index is 0.000000312. The van der Waals surface area contributed by atoms with E-state index in [9.17, 15) is 0 Å². The summed E-state index contributed by atoms with van der Waals surface area (Å²) < 4.78 is 4.97. The monoisotopic (exact) mass is 587 g/mol. The molecule has 0 N–H and O–H groups in total. The number of ether oxygens (including phenoxy) is 1. The quantitative estimate of drug-likeness (QED) is 0.199. The van der Waals surface area contributed by atoms with Gasteiger partial charge in [0.25, 0.3) is 0 Å². The number of hydrogen-bond donors (Lipinski definition) is 0. The molecule has 7 aromatic carbocycles. The van der Waals surface area contributed by atoms with Crippen molar-refractivity contribution in [2.75, 3.05) is 12.0 Å². The predicted octanol–water partition coefficient (Wildman–Crippen LogP) is 12.5. The van der Waals surface area contributed by atoms with E-state index >= 15 is 0 Å². The minimum absolute atomic E-state index is 0.917. The van der Waals surface area contributed by atoms with Crippen molar-refractivity contribution in [3.63, 3.8) is 0 Å². The summed E-state index contributed by atoms with van der Waals surface area (Å²) in [4.78, 5) is 2.39. The molecule has 2 heteroatoms. The first-order valence-corrected chi connectivity index (χ1v) is 15.6. The molecule has 0 heterocycles. The van der Waals surface area contributed by atoms with Crippen LogP contribution < -0.4 is 9.64 Å². The van der Waals surface area contributed by atoms with E-state index in [1.165, 1.54) is 55.2 Å². The largest absolute Gasteiger partial charge is 0.497 e. The number of hydrogen-bond acceptors (Lipinski definition) is 2. The van der Waals surface area contributed by atoms with Crippen molar-refractivity contribution >= 4 is 38.6 Å². The Morgan fingerprint density at radius 3 is 1.29 bits per heavy atom. The van der Waals surface area contributed by atoms with E-state index in [1.807, 2.05) is 38.1 Å². The second-order valence-electron chi connectivity index (χ2n) is 10.8. The number of rotatable bonds is 5. The van der Waals surface area contributed by atoms with E-state index < -0.39 is 0 Å². The van der Waals surface area contributed by atoms with Crippen LogP contribution in [0.1, 0.15) is 25.0 Å². The van der Waals surface area contributed by atoms with Gasteiger partial charge in [0.15, 0.2) is 0 Å². The fourth-order valence-electron chi connectivity index (χ4n) is 5.44. The number of methoxy groups -OCH3 is 1. The third-order valence-corrected chi connectivity index (χ3v) is 7.78. The molecule has 0 amide bonds. The van der Waals surface area contributed by atoms with Gasteiger partial charge in [0.1, 0.15) is 5.75 Å². The number of aryl methyl sites for hydroxylation is 2. The minimum atomic E-state index is 0.917. The first kappa shape index (κ1) is 31.1. The summed E-state index contributed by atoms with van der Waals surface area (Å²) in [5.74, 6) is 0.917. The maximum Gasteiger partial charge on any atom is 0.118 e. The maximum absolute atomic E-state index is 4.97. The smallest absolute Gasteiger partial charge is 0.118 e. The van der Waals surface area contributed by atoms with Crippen LogP contribution in [0.2, 0.25) is 0 Å². The zero-order chi connectivity index (χ0) is 31.6. The molecule has 0 aliphatic rings. The van der Waals surface area contributed by atoms with Crippen molar-refractivity contribution in [2.24, 2.45) is 0 Å². The molecule has 0 aliphatic carbocycles. The second-order valence-corrected chi connectivity index (χ2v) is 10.8. The lowest BCUT2D eigenvalue weighted by Crippen LogP contribution is -2.11. The number of benzene rings is 7. The van der Waals surface area contributed by atoms with Crippen molar-refractivity contribution in [1.82, 2.24) is 0 Å². The first-order chi connectivity index (χ1) is 22.1. The molecule has 0 saturated carbocycles. The summed E-state index contributed by atoms with van der Waals surface area (Å²) in [6.07, 6.45) is 0. The van der Waals surface area contributed by atoms with E-state index in [2.05, 4.69) is 152 Å². The Morgan fingerprint density at radius 2 is 0.822 bits per heavy atom. The van der Waals surface area contributed by atoms with Crippen LogP contribution in [-0.4, -0.2) is 7.11 Å². The Morgan fingerprint density at radius 1 is 0.422 bits per heavy atom. The molecule has 2 nitrogen and oxygen atoms in total. The van der Waals surface area contributed by atoms with Gasteiger partial charge >= 0.3 is 0 Å². The first-order valence-electron chi connectivity index (χ1n) is 15.6. The summed E-state index contributed by atoms with van der Waals surface area (Å²) in [7, 11) is 1.67. The lowest BCUT2D eigenvalue weighted by atomic mass is 10.0. The third-order valence-electron chi connectivity index (χ3n) is 7.78. The van der Waals surface area contributed by atoms with E-state index in [-0.39, 0.29) is 0 Å². The van der Waals surface area contributed by atoms with Gasteiger partial charge in [0.2, 0.25) is 0 Å². The zero-order valence-electron chi connectivity index (χ0n) is 26.9. The van der Waals surface area contributed by atoms with Gasteiger partial charge in [-0.15, -0.1) is 0 Å². The molecule has 0 spiro atoms. The van der Waals surface area contributed by atoms with Crippen molar-refractivity contribution in [3.05, 3.63) is 169 Å². The van der Waals surface area contributed by atoms with Crippen LogP contribution in [0, 0.1) is 13.8 Å². The topological polar surface area (TPSA) is 12.5 Å². The van der Waals surface area contributed by atoms with Gasteiger partial charge < -0.3 is 9.64 Å². The number of nitrogens with zero attached hydrogens (tertiary/aromatic N) is 1. The van der Waals surface area contributed by atoms with E-state index in [0.29, 0.717) is 0 Å². The molecule has 7 aromatic rings. The average molecular weight is 588 g/mol. The normalized spacial score (nSPS) is 10.3. The molecule has 0 bridgehead atoms. The van der Waals surface area contributed by atoms with E-state index in [0.717, 1.165) is 11.4 Å². The molecule has 224 valence electrons. The molecule has 0 unspecified atom stereocenters. The summed E-state index contributed by atoms with van der Waals surface area (Å²) >= 11 is 0. The van der Waals surface area contributed by atoms with Crippen molar-refractivity contribution in [2.45, 2.75) is 27.7 Å². The standard InChI is InChI=1S/C33H25N.C8H10O.C2H6/c1-24-16-18-25(19-17-24)26-20-22-29(23-21-26)34(32-14-6-10-27-8-2-4-12-30(27)32)33-15-7-11-28-9-3-5-13-31(28)33;1-7-3-5-8(9-2)6-4-7;1-2/h2-23H,1H3;3-6H,1-2H3;1-2H3. The summed E-state index contributed by atoms with van der Waals surface area (Å²) in [6, 6.07) is 55.9. The lowest BCUT2D eigenvalue weighted by molar-refractivity contribution is 0.414. The molecule has 0 atom stereocenters. The van der Waals surface area contributed by atoms with Gasteiger partial charge in [-0.1, -0.05) is 146 Å². The molecule has 0 aromatic heterocycles.